The second-order valence-electron chi connectivity index (χ2n) is 9.73. The molecule has 2 aromatic carbocycles. The van der Waals surface area contributed by atoms with E-state index in [4.69, 9.17) is 21.3 Å². The largest absolute Gasteiger partial charge is 0.486 e. The van der Waals surface area contributed by atoms with Crippen LogP contribution >= 0.6 is 11.6 Å². The Morgan fingerprint density at radius 1 is 0.912 bits per heavy atom. The number of para-hydroxylation sites is 2. The fourth-order valence-corrected chi connectivity index (χ4v) is 5.86. The van der Waals surface area contributed by atoms with Crippen LogP contribution in [0, 0.1) is 0 Å². The Kier molecular flexibility index (Phi) is 7.39. The number of rotatable bonds is 7. The molecule has 0 radical (unpaired) electrons. The van der Waals surface area contributed by atoms with E-state index in [2.05, 4.69) is 9.47 Å². The third-order valence-electron chi connectivity index (χ3n) is 7.43. The topological polar surface area (TPSA) is 47.4 Å². The number of carbonyl (C=O) groups excluding carboxylic acids is 1. The maximum Gasteiger partial charge on any atom is 0.243 e. The number of ether oxygens (including phenoxy) is 1. The molecule has 0 spiro atoms. The van der Waals surface area contributed by atoms with Crippen molar-refractivity contribution in [3.05, 3.63) is 59.4 Å². The van der Waals surface area contributed by atoms with Gasteiger partial charge in [-0.15, -0.1) is 0 Å². The van der Waals surface area contributed by atoms with Gasteiger partial charge in [0, 0.05) is 17.1 Å². The van der Waals surface area contributed by atoms with E-state index in [-0.39, 0.29) is 5.91 Å². The van der Waals surface area contributed by atoms with Gasteiger partial charge in [-0.1, -0.05) is 62.3 Å². The summed E-state index contributed by atoms with van der Waals surface area (Å²) in [6, 6.07) is 16.2. The van der Waals surface area contributed by atoms with Crippen molar-refractivity contribution in [1.29, 1.82) is 0 Å². The molecule has 2 aliphatic rings. The Hall–Kier alpha value is -2.53. The number of halogens is 1. The zero-order chi connectivity index (χ0) is 23.3. The maximum absolute atomic E-state index is 13.9. The molecule has 0 bridgehead atoms. The van der Waals surface area contributed by atoms with Crippen LogP contribution in [0.5, 0.6) is 5.75 Å². The molecule has 6 heteroatoms. The number of hydrogen-bond acceptors (Lipinski definition) is 3. The summed E-state index contributed by atoms with van der Waals surface area (Å²) in [6.45, 7) is 0.614. The first-order valence-corrected chi connectivity index (χ1v) is 13.2. The number of imidazole rings is 1. The minimum atomic E-state index is 0.231. The van der Waals surface area contributed by atoms with Crippen molar-refractivity contribution in [3.8, 4) is 5.75 Å². The molecule has 3 aromatic rings. The number of carbonyl (C=O) groups is 1. The van der Waals surface area contributed by atoms with Gasteiger partial charge in [-0.3, -0.25) is 4.79 Å². The standard InChI is InChI=1S/C28H34ClN3O2/c29-21-15-17-24(18-16-21)34-20-27-30-25-13-7-8-14-26(25)31(27)19-28(33)32(22-9-3-1-4-10-22)23-11-5-2-6-12-23/h7-8,13-18,22-23H,1-6,9-12,19-20H2. The molecule has 2 saturated carbocycles. The molecular formula is C28H34ClN3O2. The van der Waals surface area contributed by atoms with E-state index >= 15 is 0 Å². The van der Waals surface area contributed by atoms with Crippen molar-refractivity contribution in [2.75, 3.05) is 0 Å². The number of hydrogen-bond donors (Lipinski definition) is 0. The van der Waals surface area contributed by atoms with E-state index in [1.807, 2.05) is 48.5 Å². The van der Waals surface area contributed by atoms with Crippen LogP contribution in [-0.4, -0.2) is 32.4 Å². The summed E-state index contributed by atoms with van der Waals surface area (Å²) in [5, 5.41) is 0.677. The maximum atomic E-state index is 13.9. The van der Waals surface area contributed by atoms with E-state index in [9.17, 15) is 4.79 Å². The average Bonchev–Trinajstić information content (AvgIpc) is 3.22. The summed E-state index contributed by atoms with van der Waals surface area (Å²) in [6.07, 6.45) is 12.1. The fourth-order valence-electron chi connectivity index (χ4n) is 5.73. The van der Waals surface area contributed by atoms with Gasteiger partial charge in [0.1, 0.15) is 24.7 Å². The third-order valence-corrected chi connectivity index (χ3v) is 7.68. The molecule has 1 aromatic heterocycles. The number of benzene rings is 2. The molecule has 5 nitrogen and oxygen atoms in total. The predicted octanol–water partition coefficient (Wildman–Crippen LogP) is 6.76. The van der Waals surface area contributed by atoms with Crippen LogP contribution in [0.1, 0.15) is 70.0 Å². The molecule has 180 valence electrons. The lowest BCUT2D eigenvalue weighted by molar-refractivity contribution is -0.138. The molecule has 0 atom stereocenters. The quantitative estimate of drug-likeness (QED) is 0.376. The summed E-state index contributed by atoms with van der Waals surface area (Å²) in [5.41, 5.74) is 1.88. The zero-order valence-electron chi connectivity index (χ0n) is 19.8. The summed E-state index contributed by atoms with van der Waals surface area (Å²) >= 11 is 6.01. The molecule has 0 saturated heterocycles. The van der Waals surface area contributed by atoms with Gasteiger partial charge in [0.05, 0.1) is 11.0 Å². The molecule has 2 aliphatic carbocycles. The molecule has 0 N–H and O–H groups in total. The summed E-state index contributed by atoms with van der Waals surface area (Å²) in [4.78, 5) is 21.1. The number of fused-ring (bicyclic) bond motifs is 1. The van der Waals surface area contributed by atoms with E-state index in [0.29, 0.717) is 30.3 Å². The van der Waals surface area contributed by atoms with Crippen LogP contribution in [0.2, 0.25) is 5.02 Å². The molecule has 1 heterocycles. The first-order valence-electron chi connectivity index (χ1n) is 12.8. The molecule has 5 rings (SSSR count). The van der Waals surface area contributed by atoms with Crippen LogP contribution < -0.4 is 4.74 Å². The minimum absolute atomic E-state index is 0.231. The molecule has 2 fully saturated rings. The highest BCUT2D eigenvalue weighted by molar-refractivity contribution is 6.30. The summed E-state index contributed by atoms with van der Waals surface area (Å²) in [5.74, 6) is 1.74. The zero-order valence-corrected chi connectivity index (χ0v) is 20.6. The van der Waals surface area contributed by atoms with Gasteiger partial charge in [0.2, 0.25) is 5.91 Å². The SMILES string of the molecule is O=C(Cn1c(COc2ccc(Cl)cc2)nc2ccccc21)N(C1CCCCC1)C1CCCCC1. The van der Waals surface area contributed by atoms with Crippen molar-refractivity contribution < 1.29 is 9.53 Å². The highest BCUT2D eigenvalue weighted by Crippen LogP contribution is 2.31. The molecule has 0 aliphatic heterocycles. The van der Waals surface area contributed by atoms with E-state index < -0.39 is 0 Å². The Labute approximate surface area is 207 Å². The molecule has 1 amide bonds. The van der Waals surface area contributed by atoms with E-state index in [1.54, 1.807) is 0 Å². The second kappa shape index (κ2) is 10.8. The Bertz CT molecular complexity index is 1080. The van der Waals surface area contributed by atoms with Gasteiger partial charge in [0.15, 0.2) is 0 Å². The molecular weight excluding hydrogens is 446 g/mol. The smallest absolute Gasteiger partial charge is 0.243 e. The van der Waals surface area contributed by atoms with E-state index in [1.165, 1.54) is 38.5 Å². The fraction of sp³-hybridized carbons (Fsp3) is 0.500. The lowest BCUT2D eigenvalue weighted by Gasteiger charge is -2.42. The van der Waals surface area contributed by atoms with Gasteiger partial charge in [0.25, 0.3) is 0 Å². The van der Waals surface area contributed by atoms with E-state index in [0.717, 1.165) is 48.3 Å². The molecule has 34 heavy (non-hydrogen) atoms. The minimum Gasteiger partial charge on any atom is -0.486 e. The van der Waals surface area contributed by atoms with Gasteiger partial charge in [-0.25, -0.2) is 4.98 Å². The van der Waals surface area contributed by atoms with Crippen LogP contribution in [0.4, 0.5) is 0 Å². The van der Waals surface area contributed by atoms with Gasteiger partial charge in [-0.2, -0.15) is 0 Å². The Morgan fingerprint density at radius 2 is 1.53 bits per heavy atom. The highest BCUT2D eigenvalue weighted by atomic mass is 35.5. The third kappa shape index (κ3) is 5.25. The number of aromatic nitrogens is 2. The number of amides is 1. The van der Waals surface area contributed by atoms with Crippen LogP contribution in [0.15, 0.2) is 48.5 Å². The first-order chi connectivity index (χ1) is 16.7. The van der Waals surface area contributed by atoms with Crippen molar-refractivity contribution >= 4 is 28.5 Å². The number of nitrogens with zero attached hydrogens (tertiary/aromatic N) is 3. The monoisotopic (exact) mass is 479 g/mol. The Morgan fingerprint density at radius 3 is 2.18 bits per heavy atom. The normalized spacial score (nSPS) is 17.7. The van der Waals surface area contributed by atoms with Crippen molar-refractivity contribution in [2.24, 2.45) is 0 Å². The van der Waals surface area contributed by atoms with Crippen LogP contribution in [0.25, 0.3) is 11.0 Å². The van der Waals surface area contributed by atoms with Gasteiger partial charge in [-0.05, 0) is 62.1 Å². The highest BCUT2D eigenvalue weighted by Gasteiger charge is 2.33. The molecule has 0 unspecified atom stereocenters. The van der Waals surface area contributed by atoms with Crippen molar-refractivity contribution in [2.45, 2.75) is 89.4 Å². The van der Waals surface area contributed by atoms with Gasteiger partial charge < -0.3 is 14.2 Å². The summed E-state index contributed by atoms with van der Waals surface area (Å²) < 4.78 is 8.09. The lowest BCUT2D eigenvalue weighted by atomic mass is 9.88. The Balaban J connectivity index is 1.40. The predicted molar refractivity (Wildman–Crippen MR) is 136 cm³/mol. The van der Waals surface area contributed by atoms with Gasteiger partial charge >= 0.3 is 0 Å². The average molecular weight is 480 g/mol. The lowest BCUT2D eigenvalue weighted by Crippen LogP contribution is -2.50. The first kappa shape index (κ1) is 23.2. The van der Waals surface area contributed by atoms with Crippen molar-refractivity contribution in [3.63, 3.8) is 0 Å². The van der Waals surface area contributed by atoms with Crippen molar-refractivity contribution in [1.82, 2.24) is 14.5 Å². The van der Waals surface area contributed by atoms with Crippen LogP contribution in [-0.2, 0) is 17.9 Å². The summed E-state index contributed by atoms with van der Waals surface area (Å²) in [7, 11) is 0. The second-order valence-corrected chi connectivity index (χ2v) is 10.2. The van der Waals surface area contributed by atoms with Crippen LogP contribution in [0.3, 0.4) is 0 Å².